The number of anilines is 1. The van der Waals surface area contributed by atoms with Crippen molar-refractivity contribution in [2.45, 2.75) is 45.8 Å². The number of ether oxygens (including phenoxy) is 1. The van der Waals surface area contributed by atoms with Crippen molar-refractivity contribution in [2.75, 3.05) is 18.4 Å². The van der Waals surface area contributed by atoms with Crippen LogP contribution in [-0.2, 0) is 4.74 Å². The fourth-order valence-corrected chi connectivity index (χ4v) is 2.86. The molecule has 0 aliphatic carbocycles. The van der Waals surface area contributed by atoms with E-state index < -0.39 is 22.2 Å². The molecule has 0 radical (unpaired) electrons. The van der Waals surface area contributed by atoms with Crippen LogP contribution in [0.15, 0.2) is 6.07 Å². The lowest BCUT2D eigenvalue weighted by Crippen LogP contribution is -2.66. The van der Waals surface area contributed by atoms with E-state index in [2.05, 4.69) is 10.3 Å². The summed E-state index contributed by atoms with van der Waals surface area (Å²) < 4.78 is 5.31. The average molecular weight is 357 g/mol. The van der Waals surface area contributed by atoms with Gasteiger partial charge in [0.15, 0.2) is 0 Å². The molecule has 0 spiro atoms. The van der Waals surface area contributed by atoms with Crippen molar-refractivity contribution >= 4 is 29.1 Å². The summed E-state index contributed by atoms with van der Waals surface area (Å²) in [5.74, 6) is 0. The van der Waals surface area contributed by atoms with E-state index in [0.717, 1.165) is 0 Å². The highest BCUT2D eigenvalue weighted by Gasteiger charge is 2.44. The van der Waals surface area contributed by atoms with Crippen LogP contribution in [0.2, 0.25) is 5.15 Å². The summed E-state index contributed by atoms with van der Waals surface area (Å²) in [6.45, 7) is 9.72. The first kappa shape index (κ1) is 18.3. The number of hydrogen-bond donors (Lipinski definition) is 1. The number of pyridine rings is 1. The lowest BCUT2D eigenvalue weighted by atomic mass is 9.92. The van der Waals surface area contributed by atoms with Gasteiger partial charge in [-0.1, -0.05) is 11.6 Å². The van der Waals surface area contributed by atoms with E-state index in [4.69, 9.17) is 16.3 Å². The molecule has 24 heavy (non-hydrogen) atoms. The summed E-state index contributed by atoms with van der Waals surface area (Å²) in [6, 6.07) is 1.57. The van der Waals surface area contributed by atoms with Gasteiger partial charge < -0.3 is 15.0 Å². The lowest BCUT2D eigenvalue weighted by Gasteiger charge is -2.48. The second-order valence-corrected chi connectivity index (χ2v) is 7.59. The summed E-state index contributed by atoms with van der Waals surface area (Å²) in [4.78, 5) is 28.1. The van der Waals surface area contributed by atoms with Crippen molar-refractivity contribution in [1.29, 1.82) is 0 Å². The van der Waals surface area contributed by atoms with Crippen LogP contribution in [0.4, 0.5) is 16.2 Å². The molecule has 1 aromatic heterocycles. The minimum absolute atomic E-state index is 0.158. The predicted octanol–water partition coefficient (Wildman–Crippen LogP) is 3.37. The maximum atomic E-state index is 12.0. The van der Waals surface area contributed by atoms with Gasteiger partial charge in [0.1, 0.15) is 11.3 Å². The van der Waals surface area contributed by atoms with Crippen molar-refractivity contribution in [2.24, 2.45) is 0 Å². The second kappa shape index (κ2) is 6.08. The number of nitrogens with zero attached hydrogens (tertiary/aromatic N) is 3. The number of nitrogens with one attached hydrogen (secondary N) is 1. The van der Waals surface area contributed by atoms with Crippen LogP contribution < -0.4 is 5.32 Å². The quantitative estimate of drug-likeness (QED) is 0.506. The fourth-order valence-electron chi connectivity index (χ4n) is 2.55. The zero-order valence-corrected chi connectivity index (χ0v) is 15.1. The maximum absolute atomic E-state index is 12.0. The first-order valence-electron chi connectivity index (χ1n) is 7.48. The van der Waals surface area contributed by atoms with E-state index >= 15 is 0 Å². The monoisotopic (exact) mass is 356 g/mol. The first-order chi connectivity index (χ1) is 10.9. The van der Waals surface area contributed by atoms with Crippen molar-refractivity contribution in [1.82, 2.24) is 9.88 Å². The molecule has 0 aromatic carbocycles. The molecule has 0 unspecified atom stereocenters. The number of likely N-dealkylation sites (tertiary alicyclic amines) is 1. The number of halogens is 1. The molecule has 2 heterocycles. The van der Waals surface area contributed by atoms with Gasteiger partial charge in [-0.15, -0.1) is 0 Å². The van der Waals surface area contributed by atoms with Crippen LogP contribution in [0.3, 0.4) is 0 Å². The van der Waals surface area contributed by atoms with E-state index in [1.165, 1.54) is 0 Å². The Balaban J connectivity index is 2.11. The summed E-state index contributed by atoms with van der Waals surface area (Å²) in [6.07, 6.45) is -0.403. The maximum Gasteiger partial charge on any atom is 0.410 e. The van der Waals surface area contributed by atoms with Gasteiger partial charge in [-0.05, 0) is 40.7 Å². The van der Waals surface area contributed by atoms with Gasteiger partial charge in [-0.3, -0.25) is 10.1 Å². The van der Waals surface area contributed by atoms with E-state index in [0.29, 0.717) is 24.5 Å². The summed E-state index contributed by atoms with van der Waals surface area (Å²) in [5.41, 5.74) is -0.466. The van der Waals surface area contributed by atoms with Gasteiger partial charge in [0.2, 0.25) is 5.15 Å². The van der Waals surface area contributed by atoms with E-state index in [-0.39, 0.29) is 10.8 Å². The third-order valence-corrected chi connectivity index (χ3v) is 3.69. The summed E-state index contributed by atoms with van der Waals surface area (Å²) in [5, 5.41) is 14.2. The van der Waals surface area contributed by atoms with Gasteiger partial charge in [-0.25, -0.2) is 9.78 Å². The highest BCUT2D eigenvalue weighted by atomic mass is 35.5. The molecule has 8 nitrogen and oxygen atoms in total. The van der Waals surface area contributed by atoms with E-state index in [1.54, 1.807) is 38.7 Å². The number of rotatable bonds is 3. The van der Waals surface area contributed by atoms with Crippen LogP contribution in [0.5, 0.6) is 0 Å². The zero-order valence-electron chi connectivity index (χ0n) is 14.3. The zero-order chi connectivity index (χ0) is 18.3. The molecule has 1 aliphatic heterocycles. The van der Waals surface area contributed by atoms with Crippen molar-refractivity contribution < 1.29 is 14.5 Å². The minimum Gasteiger partial charge on any atom is -0.444 e. The van der Waals surface area contributed by atoms with Crippen molar-refractivity contribution in [3.8, 4) is 0 Å². The molecule has 1 aliphatic rings. The van der Waals surface area contributed by atoms with E-state index in [1.807, 2.05) is 6.92 Å². The Hall–Kier alpha value is -2.09. The molecular weight excluding hydrogens is 336 g/mol. The molecular formula is C15H21ClN4O4. The second-order valence-electron chi connectivity index (χ2n) is 7.23. The van der Waals surface area contributed by atoms with Crippen molar-refractivity contribution in [3.05, 3.63) is 27.0 Å². The van der Waals surface area contributed by atoms with Crippen molar-refractivity contribution in [3.63, 3.8) is 0 Å². The molecule has 1 saturated heterocycles. The molecule has 1 aromatic rings. The Kier molecular flexibility index (Phi) is 4.63. The third kappa shape index (κ3) is 4.05. The largest absolute Gasteiger partial charge is 0.444 e. The first-order valence-corrected chi connectivity index (χ1v) is 7.86. The van der Waals surface area contributed by atoms with Gasteiger partial charge in [0, 0.05) is 18.8 Å². The van der Waals surface area contributed by atoms with Gasteiger partial charge in [0.25, 0.3) is 0 Å². The van der Waals surface area contributed by atoms with Crippen LogP contribution in [0.1, 0.15) is 33.4 Å². The standard InChI is InChI=1S/C15H21ClN4O4/c1-9-6-10(11(20(22)23)12(16)17-9)18-15(5)7-19(8-15)13(21)24-14(2,3)4/h6H,7-8H2,1-5H3,(H,17,18). The number of carbonyl (C=O) groups is 1. The molecule has 1 fully saturated rings. The Morgan fingerprint density at radius 2 is 2.08 bits per heavy atom. The predicted molar refractivity (Wildman–Crippen MR) is 90.5 cm³/mol. The smallest absolute Gasteiger partial charge is 0.410 e. The molecule has 0 atom stereocenters. The Morgan fingerprint density at radius 1 is 1.50 bits per heavy atom. The molecule has 0 bridgehead atoms. The lowest BCUT2D eigenvalue weighted by molar-refractivity contribution is -0.384. The van der Waals surface area contributed by atoms with Crippen LogP contribution in [-0.4, -0.2) is 45.1 Å². The van der Waals surface area contributed by atoms with Gasteiger partial charge in [-0.2, -0.15) is 0 Å². The fraction of sp³-hybridized carbons (Fsp3) is 0.600. The Bertz CT molecular complexity index is 681. The Labute approximate surface area is 145 Å². The normalized spacial score (nSPS) is 16.3. The minimum atomic E-state index is -0.565. The molecule has 1 N–H and O–H groups in total. The van der Waals surface area contributed by atoms with Gasteiger partial charge in [0.05, 0.1) is 10.5 Å². The number of carbonyl (C=O) groups excluding carboxylic acids is 1. The number of amides is 1. The SMILES string of the molecule is Cc1cc(NC2(C)CN(C(=O)OC(C)(C)C)C2)c([N+](=O)[O-])c(Cl)n1. The number of aromatic nitrogens is 1. The van der Waals surface area contributed by atoms with Crippen LogP contribution in [0, 0.1) is 17.0 Å². The summed E-state index contributed by atoms with van der Waals surface area (Å²) in [7, 11) is 0. The molecule has 1 amide bonds. The number of hydrogen-bond acceptors (Lipinski definition) is 6. The molecule has 9 heteroatoms. The molecule has 2 rings (SSSR count). The average Bonchev–Trinajstić information content (AvgIpc) is 2.31. The number of aryl methyl sites for hydroxylation is 1. The highest BCUT2D eigenvalue weighted by molar-refractivity contribution is 6.32. The number of nitro groups is 1. The highest BCUT2D eigenvalue weighted by Crippen LogP contribution is 2.36. The van der Waals surface area contributed by atoms with Gasteiger partial charge >= 0.3 is 11.8 Å². The topological polar surface area (TPSA) is 97.6 Å². The van der Waals surface area contributed by atoms with E-state index in [9.17, 15) is 14.9 Å². The molecule has 132 valence electrons. The Morgan fingerprint density at radius 3 is 2.58 bits per heavy atom. The summed E-state index contributed by atoms with van der Waals surface area (Å²) >= 11 is 5.89. The van der Waals surface area contributed by atoms with Crippen LogP contribution in [0.25, 0.3) is 0 Å². The third-order valence-electron chi connectivity index (χ3n) is 3.43. The van der Waals surface area contributed by atoms with Crippen LogP contribution >= 0.6 is 11.6 Å². The molecule has 0 saturated carbocycles.